The molecule has 1 saturated carbocycles. The summed E-state index contributed by atoms with van der Waals surface area (Å²) in [6.07, 6.45) is 5.68. The first-order valence-corrected chi connectivity index (χ1v) is 6.02. The van der Waals surface area contributed by atoms with Crippen molar-refractivity contribution in [3.05, 3.63) is 42.2 Å². The quantitative estimate of drug-likeness (QED) is 0.866. The number of hydrogen-bond acceptors (Lipinski definition) is 2. The summed E-state index contributed by atoms with van der Waals surface area (Å²) >= 11 is 0. The topological polar surface area (TPSA) is 66.0 Å². The molecule has 1 heterocycles. The summed E-state index contributed by atoms with van der Waals surface area (Å²) in [5.41, 5.74) is 2.03. The number of nitrogens with zero attached hydrogens (tertiary/aromatic N) is 1. The van der Waals surface area contributed by atoms with E-state index in [1.807, 2.05) is 24.3 Å². The lowest BCUT2D eigenvalue weighted by molar-refractivity contribution is -0.137. The van der Waals surface area contributed by atoms with Crippen molar-refractivity contribution in [3.8, 4) is 11.4 Å². The molecular weight excluding hydrogens is 228 g/mol. The van der Waals surface area contributed by atoms with Crippen molar-refractivity contribution in [3.63, 3.8) is 0 Å². The van der Waals surface area contributed by atoms with Crippen LogP contribution in [0, 0.1) is 0 Å². The maximum absolute atomic E-state index is 10.9. The summed E-state index contributed by atoms with van der Waals surface area (Å²) in [6, 6.07) is 8.04. The monoisotopic (exact) mass is 242 g/mol. The van der Waals surface area contributed by atoms with Crippen molar-refractivity contribution in [1.29, 1.82) is 0 Å². The molecule has 1 aliphatic rings. The van der Waals surface area contributed by atoms with E-state index in [0.717, 1.165) is 29.8 Å². The van der Waals surface area contributed by atoms with E-state index in [1.165, 1.54) is 0 Å². The smallest absolute Gasteiger partial charge is 0.304 e. The molecule has 0 unspecified atom stereocenters. The predicted molar refractivity (Wildman–Crippen MR) is 67.2 cm³/mol. The molecule has 0 radical (unpaired) electrons. The highest BCUT2D eigenvalue weighted by Crippen LogP contribution is 2.51. The number of H-pyrrole nitrogens is 1. The number of carbonyl (C=O) groups is 1. The zero-order chi connectivity index (χ0) is 12.6. The minimum absolute atomic E-state index is 0.118. The van der Waals surface area contributed by atoms with E-state index in [1.54, 1.807) is 12.4 Å². The Balaban J connectivity index is 1.86. The Hall–Kier alpha value is -2.10. The van der Waals surface area contributed by atoms with Gasteiger partial charge in [0, 0.05) is 23.4 Å². The summed E-state index contributed by atoms with van der Waals surface area (Å²) in [5, 5.41) is 8.94. The molecule has 0 bridgehead atoms. The molecule has 4 nitrogen and oxygen atoms in total. The first kappa shape index (κ1) is 11.0. The molecule has 3 rings (SSSR count). The normalized spacial score (nSPS) is 16.4. The molecule has 4 heteroatoms. The number of aliphatic carboxylic acids is 1. The molecule has 1 fully saturated rings. The minimum Gasteiger partial charge on any atom is -0.481 e. The van der Waals surface area contributed by atoms with Crippen LogP contribution in [-0.2, 0) is 10.2 Å². The maximum Gasteiger partial charge on any atom is 0.304 e. The van der Waals surface area contributed by atoms with Crippen LogP contribution in [0.1, 0.15) is 24.8 Å². The van der Waals surface area contributed by atoms with Crippen molar-refractivity contribution in [2.45, 2.75) is 24.7 Å². The number of benzene rings is 1. The van der Waals surface area contributed by atoms with E-state index < -0.39 is 5.97 Å². The fourth-order valence-electron chi connectivity index (χ4n) is 2.41. The maximum atomic E-state index is 10.9. The minimum atomic E-state index is -0.720. The molecule has 0 spiro atoms. The van der Waals surface area contributed by atoms with Gasteiger partial charge in [-0.2, -0.15) is 0 Å². The zero-order valence-corrected chi connectivity index (χ0v) is 9.89. The molecule has 92 valence electrons. The Labute approximate surface area is 105 Å². The molecule has 0 amide bonds. The Morgan fingerprint density at radius 3 is 2.56 bits per heavy atom. The molecule has 18 heavy (non-hydrogen) atoms. The van der Waals surface area contributed by atoms with Gasteiger partial charge in [-0.25, -0.2) is 4.98 Å². The molecular formula is C14H14N2O2. The van der Waals surface area contributed by atoms with Gasteiger partial charge < -0.3 is 10.1 Å². The fraction of sp³-hybridized carbons (Fsp3) is 0.286. The first-order valence-electron chi connectivity index (χ1n) is 6.02. The van der Waals surface area contributed by atoms with E-state index in [4.69, 9.17) is 5.11 Å². The van der Waals surface area contributed by atoms with Gasteiger partial charge in [-0.15, -0.1) is 0 Å². The second-order valence-electron chi connectivity index (χ2n) is 4.87. The fourth-order valence-corrected chi connectivity index (χ4v) is 2.41. The number of rotatable bonds is 4. The van der Waals surface area contributed by atoms with E-state index in [0.29, 0.717) is 0 Å². The third kappa shape index (κ3) is 1.90. The third-order valence-electron chi connectivity index (χ3n) is 3.61. The van der Waals surface area contributed by atoms with Crippen molar-refractivity contribution in [1.82, 2.24) is 9.97 Å². The lowest BCUT2D eigenvalue weighted by atomic mass is 9.92. The van der Waals surface area contributed by atoms with Crippen LogP contribution in [-0.4, -0.2) is 21.0 Å². The highest BCUT2D eigenvalue weighted by molar-refractivity contribution is 5.70. The Bertz CT molecular complexity index is 554. The van der Waals surface area contributed by atoms with E-state index in [2.05, 4.69) is 9.97 Å². The van der Waals surface area contributed by atoms with Gasteiger partial charge in [0.1, 0.15) is 5.82 Å². The van der Waals surface area contributed by atoms with Crippen molar-refractivity contribution in [2.24, 2.45) is 0 Å². The van der Waals surface area contributed by atoms with Gasteiger partial charge in [0.25, 0.3) is 0 Å². The van der Waals surface area contributed by atoms with E-state index in [-0.39, 0.29) is 11.8 Å². The van der Waals surface area contributed by atoms with Gasteiger partial charge in [-0.05, 0) is 18.4 Å². The number of carboxylic acid groups (broad SMARTS) is 1. The number of nitrogens with one attached hydrogen (secondary N) is 1. The summed E-state index contributed by atoms with van der Waals surface area (Å²) in [7, 11) is 0. The second kappa shape index (κ2) is 3.98. The van der Waals surface area contributed by atoms with Crippen molar-refractivity contribution < 1.29 is 9.90 Å². The van der Waals surface area contributed by atoms with Gasteiger partial charge in [0.15, 0.2) is 0 Å². The lowest BCUT2D eigenvalue weighted by Crippen LogP contribution is -2.12. The van der Waals surface area contributed by atoms with Crippen LogP contribution in [0.2, 0.25) is 0 Å². The van der Waals surface area contributed by atoms with E-state index >= 15 is 0 Å². The molecule has 1 aliphatic carbocycles. The zero-order valence-electron chi connectivity index (χ0n) is 9.89. The number of carboxylic acids is 1. The summed E-state index contributed by atoms with van der Waals surface area (Å²) in [4.78, 5) is 18.1. The van der Waals surface area contributed by atoms with Gasteiger partial charge in [0.05, 0.1) is 6.42 Å². The van der Waals surface area contributed by atoms with Crippen LogP contribution in [0.25, 0.3) is 11.4 Å². The van der Waals surface area contributed by atoms with Crippen LogP contribution < -0.4 is 0 Å². The first-order chi connectivity index (χ1) is 8.70. The van der Waals surface area contributed by atoms with Gasteiger partial charge in [-0.1, -0.05) is 24.3 Å². The molecule has 2 N–H and O–H groups in total. The van der Waals surface area contributed by atoms with Crippen LogP contribution in [0.3, 0.4) is 0 Å². The lowest BCUT2D eigenvalue weighted by Gasteiger charge is -2.13. The van der Waals surface area contributed by atoms with Crippen LogP contribution >= 0.6 is 0 Å². The molecule has 1 aromatic heterocycles. The average Bonchev–Trinajstić information content (AvgIpc) is 2.93. The van der Waals surface area contributed by atoms with Crippen molar-refractivity contribution in [2.75, 3.05) is 0 Å². The highest BCUT2D eigenvalue weighted by atomic mass is 16.4. The summed E-state index contributed by atoms with van der Waals surface area (Å²) in [6.45, 7) is 0. The Kier molecular flexibility index (Phi) is 2.44. The van der Waals surface area contributed by atoms with Crippen LogP contribution in [0.4, 0.5) is 0 Å². The van der Waals surface area contributed by atoms with Gasteiger partial charge in [0.2, 0.25) is 0 Å². The Morgan fingerprint density at radius 1 is 1.33 bits per heavy atom. The van der Waals surface area contributed by atoms with Crippen LogP contribution in [0.5, 0.6) is 0 Å². The standard InChI is InChI=1S/C14H14N2O2/c17-12(18)9-14(5-6-14)11-3-1-10(2-4-11)13-15-7-8-16-13/h1-4,7-8H,5-6,9H2,(H,15,16)(H,17,18). The summed E-state index contributed by atoms with van der Waals surface area (Å²) < 4.78 is 0. The average molecular weight is 242 g/mol. The number of aromatic amines is 1. The SMILES string of the molecule is O=C(O)CC1(c2ccc(-c3ncc[nH]3)cc2)CC1. The Morgan fingerprint density at radius 2 is 2.06 bits per heavy atom. The molecule has 0 aliphatic heterocycles. The largest absolute Gasteiger partial charge is 0.481 e. The third-order valence-corrected chi connectivity index (χ3v) is 3.61. The molecule has 1 aromatic carbocycles. The molecule has 0 saturated heterocycles. The number of aromatic nitrogens is 2. The van der Waals surface area contributed by atoms with E-state index in [9.17, 15) is 4.79 Å². The number of hydrogen-bond donors (Lipinski definition) is 2. The molecule has 0 atom stereocenters. The predicted octanol–water partition coefficient (Wildman–Crippen LogP) is 2.58. The van der Waals surface area contributed by atoms with Crippen molar-refractivity contribution >= 4 is 5.97 Å². The highest BCUT2D eigenvalue weighted by Gasteiger charge is 2.45. The molecule has 2 aromatic rings. The number of imidazole rings is 1. The van der Waals surface area contributed by atoms with Gasteiger partial charge in [-0.3, -0.25) is 4.79 Å². The summed E-state index contributed by atoms with van der Waals surface area (Å²) in [5.74, 6) is 0.118. The van der Waals surface area contributed by atoms with Gasteiger partial charge >= 0.3 is 5.97 Å². The second-order valence-corrected chi connectivity index (χ2v) is 4.87. The van der Waals surface area contributed by atoms with Crippen LogP contribution in [0.15, 0.2) is 36.7 Å².